The summed E-state index contributed by atoms with van der Waals surface area (Å²) in [6, 6.07) is 0. The molecule has 0 atom stereocenters. The average Bonchev–Trinajstić information content (AvgIpc) is 2.37. The fraction of sp³-hybridized carbons (Fsp3) is 1.00. The number of hydrogen-bond acceptors (Lipinski definition) is 3. The highest BCUT2D eigenvalue weighted by atomic mass is 16.5. The van der Waals surface area contributed by atoms with Crippen LogP contribution in [0.1, 0.15) is 39.0 Å². The van der Waals surface area contributed by atoms with E-state index >= 15 is 0 Å². The average molecular weight is 242 g/mol. The zero-order chi connectivity index (χ0) is 12.3. The van der Waals surface area contributed by atoms with E-state index < -0.39 is 0 Å². The zero-order valence-corrected chi connectivity index (χ0v) is 11.7. The van der Waals surface area contributed by atoms with E-state index in [0.717, 1.165) is 25.7 Å². The van der Waals surface area contributed by atoms with Crippen LogP contribution in [0.2, 0.25) is 0 Å². The van der Waals surface area contributed by atoms with Gasteiger partial charge >= 0.3 is 0 Å². The Balaban J connectivity index is 1.95. The van der Waals surface area contributed by atoms with Gasteiger partial charge in [-0.25, -0.2) is 0 Å². The standard InChI is InChI=1S/C14H30N2O/c1-3-4-12-17-13-11-16-9-6-14(7-10-16)5-8-15-2/h14-15H,3-13H2,1-2H3. The van der Waals surface area contributed by atoms with E-state index in [4.69, 9.17) is 4.74 Å². The summed E-state index contributed by atoms with van der Waals surface area (Å²) in [5.74, 6) is 0.944. The van der Waals surface area contributed by atoms with E-state index in [0.29, 0.717) is 0 Å². The van der Waals surface area contributed by atoms with Crippen LogP contribution in [0.4, 0.5) is 0 Å². The molecule has 0 bridgehead atoms. The molecule has 0 saturated carbocycles. The van der Waals surface area contributed by atoms with E-state index in [-0.39, 0.29) is 0 Å². The molecule has 0 radical (unpaired) electrons. The molecule has 3 heteroatoms. The van der Waals surface area contributed by atoms with Gasteiger partial charge in [0.05, 0.1) is 6.61 Å². The molecular formula is C14H30N2O. The maximum absolute atomic E-state index is 5.62. The van der Waals surface area contributed by atoms with Gasteiger partial charge in [0.1, 0.15) is 0 Å². The van der Waals surface area contributed by atoms with Gasteiger partial charge in [0.2, 0.25) is 0 Å². The van der Waals surface area contributed by atoms with Crippen LogP contribution < -0.4 is 5.32 Å². The molecule has 1 heterocycles. The van der Waals surface area contributed by atoms with Gasteiger partial charge in [-0.05, 0) is 58.3 Å². The Morgan fingerprint density at radius 3 is 2.65 bits per heavy atom. The first-order chi connectivity index (χ1) is 8.36. The van der Waals surface area contributed by atoms with Crippen LogP contribution in [-0.4, -0.2) is 51.3 Å². The van der Waals surface area contributed by atoms with Crippen LogP contribution in [0.3, 0.4) is 0 Å². The number of unbranched alkanes of at least 4 members (excludes halogenated alkanes) is 1. The maximum atomic E-state index is 5.62. The van der Waals surface area contributed by atoms with Crippen LogP contribution in [0.25, 0.3) is 0 Å². The Morgan fingerprint density at radius 1 is 1.24 bits per heavy atom. The molecule has 1 fully saturated rings. The Hall–Kier alpha value is -0.120. The Labute approximate surface area is 107 Å². The van der Waals surface area contributed by atoms with Crippen LogP contribution in [0.5, 0.6) is 0 Å². The fourth-order valence-electron chi connectivity index (χ4n) is 2.39. The summed E-state index contributed by atoms with van der Waals surface area (Å²) in [5.41, 5.74) is 0. The van der Waals surface area contributed by atoms with Crippen molar-refractivity contribution >= 4 is 0 Å². The van der Waals surface area contributed by atoms with Crippen LogP contribution >= 0.6 is 0 Å². The number of rotatable bonds is 9. The Bertz CT molecular complexity index is 165. The van der Waals surface area contributed by atoms with Gasteiger partial charge in [-0.15, -0.1) is 0 Å². The van der Waals surface area contributed by atoms with Crippen LogP contribution in [-0.2, 0) is 4.74 Å². The number of hydrogen-bond donors (Lipinski definition) is 1. The fourth-order valence-corrected chi connectivity index (χ4v) is 2.39. The minimum atomic E-state index is 0.918. The molecule has 0 aromatic carbocycles. The third-order valence-electron chi connectivity index (χ3n) is 3.70. The van der Waals surface area contributed by atoms with E-state index in [1.165, 1.54) is 51.7 Å². The Morgan fingerprint density at radius 2 is 2.00 bits per heavy atom. The van der Waals surface area contributed by atoms with Crippen molar-refractivity contribution < 1.29 is 4.74 Å². The van der Waals surface area contributed by atoms with Crippen molar-refractivity contribution in [1.29, 1.82) is 0 Å². The highest BCUT2D eigenvalue weighted by Gasteiger charge is 2.18. The molecule has 0 unspecified atom stereocenters. The molecule has 0 amide bonds. The van der Waals surface area contributed by atoms with Gasteiger partial charge in [-0.2, -0.15) is 0 Å². The lowest BCUT2D eigenvalue weighted by atomic mass is 9.93. The minimum Gasteiger partial charge on any atom is -0.380 e. The third-order valence-corrected chi connectivity index (χ3v) is 3.70. The van der Waals surface area contributed by atoms with Crippen molar-refractivity contribution in [3.8, 4) is 0 Å². The van der Waals surface area contributed by atoms with Gasteiger partial charge in [0.15, 0.2) is 0 Å². The van der Waals surface area contributed by atoms with Crippen LogP contribution in [0, 0.1) is 5.92 Å². The van der Waals surface area contributed by atoms with Crippen molar-refractivity contribution in [3.63, 3.8) is 0 Å². The molecule has 0 aliphatic carbocycles. The second-order valence-corrected chi connectivity index (χ2v) is 5.14. The molecule has 0 spiro atoms. The molecule has 3 nitrogen and oxygen atoms in total. The van der Waals surface area contributed by atoms with E-state index in [1.807, 2.05) is 7.05 Å². The summed E-state index contributed by atoms with van der Waals surface area (Å²) < 4.78 is 5.62. The summed E-state index contributed by atoms with van der Waals surface area (Å²) in [4.78, 5) is 2.56. The second kappa shape index (κ2) is 9.86. The summed E-state index contributed by atoms with van der Waals surface area (Å²) in [6.45, 7) is 8.90. The van der Waals surface area contributed by atoms with Crippen molar-refractivity contribution in [3.05, 3.63) is 0 Å². The summed E-state index contributed by atoms with van der Waals surface area (Å²) >= 11 is 0. The van der Waals surface area contributed by atoms with Crippen molar-refractivity contribution in [1.82, 2.24) is 10.2 Å². The van der Waals surface area contributed by atoms with E-state index in [9.17, 15) is 0 Å². The molecule has 0 aromatic rings. The first-order valence-electron chi connectivity index (χ1n) is 7.31. The lowest BCUT2D eigenvalue weighted by Gasteiger charge is -2.31. The summed E-state index contributed by atoms with van der Waals surface area (Å²) in [6.07, 6.45) is 6.52. The SMILES string of the molecule is CCCCOCCN1CCC(CCNC)CC1. The third kappa shape index (κ3) is 7.02. The predicted octanol–water partition coefficient (Wildman–Crippen LogP) is 2.12. The molecule has 0 aromatic heterocycles. The molecule has 1 saturated heterocycles. The van der Waals surface area contributed by atoms with Gasteiger partial charge in [-0.1, -0.05) is 13.3 Å². The predicted molar refractivity (Wildman–Crippen MR) is 73.4 cm³/mol. The highest BCUT2D eigenvalue weighted by molar-refractivity contribution is 4.72. The van der Waals surface area contributed by atoms with Gasteiger partial charge in [0.25, 0.3) is 0 Å². The molecule has 1 rings (SSSR count). The monoisotopic (exact) mass is 242 g/mol. The largest absolute Gasteiger partial charge is 0.380 e. The maximum Gasteiger partial charge on any atom is 0.0593 e. The summed E-state index contributed by atoms with van der Waals surface area (Å²) in [5, 5.41) is 3.25. The smallest absolute Gasteiger partial charge is 0.0593 e. The molecule has 1 aliphatic rings. The second-order valence-electron chi connectivity index (χ2n) is 5.14. The lowest BCUT2D eigenvalue weighted by molar-refractivity contribution is 0.0860. The first-order valence-corrected chi connectivity index (χ1v) is 7.31. The summed E-state index contributed by atoms with van der Waals surface area (Å²) in [7, 11) is 2.04. The molecule has 17 heavy (non-hydrogen) atoms. The quantitative estimate of drug-likeness (QED) is 0.627. The van der Waals surface area contributed by atoms with Crippen molar-refractivity contribution in [2.45, 2.75) is 39.0 Å². The van der Waals surface area contributed by atoms with Crippen LogP contribution in [0.15, 0.2) is 0 Å². The number of ether oxygens (including phenoxy) is 1. The van der Waals surface area contributed by atoms with Gasteiger partial charge in [-0.3, -0.25) is 0 Å². The lowest BCUT2D eigenvalue weighted by Crippen LogP contribution is -2.36. The number of piperidine rings is 1. The topological polar surface area (TPSA) is 24.5 Å². The first kappa shape index (κ1) is 14.9. The number of nitrogens with one attached hydrogen (secondary N) is 1. The molecule has 1 aliphatic heterocycles. The Kier molecular flexibility index (Phi) is 8.67. The molecule has 102 valence electrons. The van der Waals surface area contributed by atoms with E-state index in [2.05, 4.69) is 17.1 Å². The van der Waals surface area contributed by atoms with E-state index in [1.54, 1.807) is 0 Å². The van der Waals surface area contributed by atoms with Gasteiger partial charge in [0, 0.05) is 13.2 Å². The highest BCUT2D eigenvalue weighted by Crippen LogP contribution is 2.19. The number of nitrogens with zero attached hydrogens (tertiary/aromatic N) is 1. The zero-order valence-electron chi connectivity index (χ0n) is 11.7. The number of likely N-dealkylation sites (tertiary alicyclic amines) is 1. The molecular weight excluding hydrogens is 212 g/mol. The van der Waals surface area contributed by atoms with Crippen molar-refractivity contribution in [2.75, 3.05) is 46.4 Å². The van der Waals surface area contributed by atoms with Crippen molar-refractivity contribution in [2.24, 2.45) is 5.92 Å². The molecule has 1 N–H and O–H groups in total. The van der Waals surface area contributed by atoms with Gasteiger partial charge < -0.3 is 15.0 Å². The minimum absolute atomic E-state index is 0.918. The normalized spacial score (nSPS) is 18.7.